The predicted molar refractivity (Wildman–Crippen MR) is 78.0 cm³/mol. The molecule has 0 bridgehead atoms. The number of nitrogens with two attached hydrogens (primary N) is 1. The van der Waals surface area contributed by atoms with E-state index in [2.05, 4.69) is 5.32 Å². The number of sulfone groups is 1. The number of halogens is 1. The summed E-state index contributed by atoms with van der Waals surface area (Å²) in [6.45, 7) is 3.57. The van der Waals surface area contributed by atoms with Gasteiger partial charge in [-0.2, -0.15) is 0 Å². The van der Waals surface area contributed by atoms with Crippen molar-refractivity contribution in [2.75, 3.05) is 22.6 Å². The highest BCUT2D eigenvalue weighted by Gasteiger charge is 2.18. The minimum absolute atomic E-state index is 0.0154. The van der Waals surface area contributed by atoms with E-state index in [0.717, 1.165) is 0 Å². The molecule has 5 nitrogen and oxygen atoms in total. The van der Waals surface area contributed by atoms with E-state index in [1.54, 1.807) is 19.9 Å². The van der Waals surface area contributed by atoms with Crippen molar-refractivity contribution in [3.8, 4) is 0 Å². The second kappa shape index (κ2) is 6.25. The van der Waals surface area contributed by atoms with Gasteiger partial charge in [-0.15, -0.1) is 0 Å². The SMILES string of the molecule is CC(C)CS(=O)(=O)CC(=O)Nc1ccc(Cl)cc1N. The van der Waals surface area contributed by atoms with E-state index < -0.39 is 21.5 Å². The van der Waals surface area contributed by atoms with Crippen LogP contribution in [0.15, 0.2) is 18.2 Å². The lowest BCUT2D eigenvalue weighted by molar-refractivity contribution is -0.113. The highest BCUT2D eigenvalue weighted by Crippen LogP contribution is 2.22. The molecule has 3 N–H and O–H groups in total. The summed E-state index contributed by atoms with van der Waals surface area (Å²) >= 11 is 5.73. The topological polar surface area (TPSA) is 89.3 Å². The van der Waals surface area contributed by atoms with Gasteiger partial charge in [-0.3, -0.25) is 4.79 Å². The fourth-order valence-corrected chi connectivity index (χ4v) is 3.39. The summed E-state index contributed by atoms with van der Waals surface area (Å²) in [6.07, 6.45) is 0. The molecular formula is C12H17ClN2O3S. The summed E-state index contributed by atoms with van der Waals surface area (Å²) < 4.78 is 23.3. The van der Waals surface area contributed by atoms with Gasteiger partial charge < -0.3 is 11.1 Å². The van der Waals surface area contributed by atoms with Gasteiger partial charge in [-0.1, -0.05) is 25.4 Å². The first-order chi connectivity index (χ1) is 8.69. The average molecular weight is 305 g/mol. The van der Waals surface area contributed by atoms with Crippen LogP contribution in [0.25, 0.3) is 0 Å². The van der Waals surface area contributed by atoms with Gasteiger partial charge in [0.15, 0.2) is 9.84 Å². The third-order valence-corrected chi connectivity index (χ3v) is 4.34. The summed E-state index contributed by atoms with van der Waals surface area (Å²) in [6, 6.07) is 4.58. The smallest absolute Gasteiger partial charge is 0.239 e. The minimum Gasteiger partial charge on any atom is -0.397 e. The quantitative estimate of drug-likeness (QED) is 0.813. The monoisotopic (exact) mass is 304 g/mol. The Kier molecular flexibility index (Phi) is 5.20. The van der Waals surface area contributed by atoms with E-state index in [-0.39, 0.29) is 11.7 Å². The van der Waals surface area contributed by atoms with Crippen molar-refractivity contribution in [1.82, 2.24) is 0 Å². The first kappa shape index (κ1) is 15.8. The molecule has 0 unspecified atom stereocenters. The van der Waals surface area contributed by atoms with Crippen molar-refractivity contribution in [2.45, 2.75) is 13.8 Å². The van der Waals surface area contributed by atoms with Crippen molar-refractivity contribution >= 4 is 38.7 Å². The van der Waals surface area contributed by atoms with E-state index in [4.69, 9.17) is 17.3 Å². The van der Waals surface area contributed by atoms with Gasteiger partial charge in [0.05, 0.1) is 17.1 Å². The maximum Gasteiger partial charge on any atom is 0.239 e. The normalized spacial score (nSPS) is 11.6. The Bertz CT molecular complexity index is 570. The number of nitrogen functional groups attached to an aromatic ring is 1. The lowest BCUT2D eigenvalue weighted by atomic mass is 10.2. The third kappa shape index (κ3) is 5.48. The molecule has 1 rings (SSSR count). The summed E-state index contributed by atoms with van der Waals surface area (Å²) in [5.74, 6) is -1.18. The van der Waals surface area contributed by atoms with E-state index in [0.29, 0.717) is 16.4 Å². The number of benzene rings is 1. The Morgan fingerprint density at radius 2 is 2.05 bits per heavy atom. The Morgan fingerprint density at radius 3 is 2.58 bits per heavy atom. The minimum atomic E-state index is -3.40. The fourth-order valence-electron chi connectivity index (χ4n) is 1.60. The highest BCUT2D eigenvalue weighted by atomic mass is 35.5. The number of nitrogens with one attached hydrogen (secondary N) is 1. The molecule has 1 aromatic rings. The standard InChI is InChI=1S/C12H17ClN2O3S/c1-8(2)6-19(17,18)7-12(16)15-11-4-3-9(13)5-10(11)14/h3-5,8H,6-7,14H2,1-2H3,(H,15,16). The Morgan fingerprint density at radius 1 is 1.42 bits per heavy atom. The fraction of sp³-hybridized carbons (Fsp3) is 0.417. The van der Waals surface area contributed by atoms with E-state index in [9.17, 15) is 13.2 Å². The molecule has 0 saturated carbocycles. The molecule has 1 aromatic carbocycles. The molecule has 0 heterocycles. The number of carbonyl (C=O) groups is 1. The molecule has 19 heavy (non-hydrogen) atoms. The van der Waals surface area contributed by atoms with E-state index in [1.165, 1.54) is 12.1 Å². The number of anilines is 2. The largest absolute Gasteiger partial charge is 0.397 e. The zero-order valence-electron chi connectivity index (χ0n) is 10.8. The lowest BCUT2D eigenvalue weighted by Crippen LogP contribution is -2.26. The van der Waals surface area contributed by atoms with E-state index in [1.807, 2.05) is 0 Å². The Labute approximate surface area is 118 Å². The molecule has 0 aliphatic rings. The number of hydrogen-bond acceptors (Lipinski definition) is 4. The third-order valence-electron chi connectivity index (χ3n) is 2.23. The van der Waals surface area contributed by atoms with Crippen LogP contribution in [0.3, 0.4) is 0 Å². The predicted octanol–water partition coefficient (Wildman–Crippen LogP) is 1.93. The van der Waals surface area contributed by atoms with Crippen LogP contribution < -0.4 is 11.1 Å². The van der Waals surface area contributed by atoms with Crippen LogP contribution in [0.4, 0.5) is 11.4 Å². The van der Waals surface area contributed by atoms with Crippen molar-refractivity contribution < 1.29 is 13.2 Å². The van der Waals surface area contributed by atoms with Crippen molar-refractivity contribution in [3.05, 3.63) is 23.2 Å². The maximum absolute atomic E-state index is 11.7. The van der Waals surface area contributed by atoms with Gasteiger partial charge in [0.2, 0.25) is 5.91 Å². The summed E-state index contributed by atoms with van der Waals surface area (Å²) in [7, 11) is -3.40. The van der Waals surface area contributed by atoms with Gasteiger partial charge in [0, 0.05) is 5.02 Å². The Balaban J connectivity index is 2.70. The van der Waals surface area contributed by atoms with Crippen molar-refractivity contribution in [2.24, 2.45) is 5.92 Å². The second-order valence-electron chi connectivity index (χ2n) is 4.73. The van der Waals surface area contributed by atoms with Gasteiger partial charge in [0.25, 0.3) is 0 Å². The number of amides is 1. The number of rotatable bonds is 5. The zero-order chi connectivity index (χ0) is 14.6. The lowest BCUT2D eigenvalue weighted by Gasteiger charge is -2.10. The number of carbonyl (C=O) groups excluding carboxylic acids is 1. The van der Waals surface area contributed by atoms with Crippen LogP contribution in [0.1, 0.15) is 13.8 Å². The van der Waals surface area contributed by atoms with Gasteiger partial charge >= 0.3 is 0 Å². The first-order valence-corrected chi connectivity index (χ1v) is 7.95. The van der Waals surface area contributed by atoms with Crippen LogP contribution >= 0.6 is 11.6 Å². The molecule has 0 aromatic heterocycles. The molecule has 0 spiro atoms. The number of hydrogen-bond donors (Lipinski definition) is 2. The highest BCUT2D eigenvalue weighted by molar-refractivity contribution is 7.92. The average Bonchev–Trinajstić information content (AvgIpc) is 2.19. The van der Waals surface area contributed by atoms with Crippen LogP contribution in [-0.4, -0.2) is 25.8 Å². The van der Waals surface area contributed by atoms with Crippen LogP contribution in [0.5, 0.6) is 0 Å². The molecule has 1 amide bonds. The van der Waals surface area contributed by atoms with Crippen molar-refractivity contribution in [3.63, 3.8) is 0 Å². The molecule has 0 radical (unpaired) electrons. The molecule has 106 valence electrons. The molecular weight excluding hydrogens is 288 g/mol. The van der Waals surface area contributed by atoms with Gasteiger partial charge in [-0.05, 0) is 24.1 Å². The molecule has 0 atom stereocenters. The van der Waals surface area contributed by atoms with Crippen LogP contribution in [0.2, 0.25) is 5.02 Å². The molecule has 0 saturated heterocycles. The zero-order valence-corrected chi connectivity index (χ0v) is 12.4. The molecule has 7 heteroatoms. The summed E-state index contributed by atoms with van der Waals surface area (Å²) in [5, 5.41) is 2.91. The van der Waals surface area contributed by atoms with Gasteiger partial charge in [0.1, 0.15) is 5.75 Å². The first-order valence-electron chi connectivity index (χ1n) is 5.75. The van der Waals surface area contributed by atoms with E-state index >= 15 is 0 Å². The molecule has 0 aliphatic heterocycles. The van der Waals surface area contributed by atoms with Gasteiger partial charge in [-0.25, -0.2) is 8.42 Å². The van der Waals surface area contributed by atoms with Crippen LogP contribution in [0, 0.1) is 5.92 Å². The maximum atomic E-state index is 11.7. The van der Waals surface area contributed by atoms with Crippen LogP contribution in [-0.2, 0) is 14.6 Å². The molecule has 0 aliphatic carbocycles. The van der Waals surface area contributed by atoms with Crippen molar-refractivity contribution in [1.29, 1.82) is 0 Å². The molecule has 0 fully saturated rings. The Hall–Kier alpha value is -1.27. The summed E-state index contributed by atoms with van der Waals surface area (Å²) in [5.41, 5.74) is 6.31. The summed E-state index contributed by atoms with van der Waals surface area (Å²) in [4.78, 5) is 11.7. The second-order valence-corrected chi connectivity index (χ2v) is 7.27.